The maximum absolute atomic E-state index is 5.89. The molecule has 0 aliphatic heterocycles. The second kappa shape index (κ2) is 4.50. The number of rotatable bonds is 4. The summed E-state index contributed by atoms with van der Waals surface area (Å²) in [4.78, 5) is 0. The number of fused-ring (bicyclic) bond motifs is 1. The molecule has 0 spiro atoms. The predicted molar refractivity (Wildman–Crippen MR) is 65.4 cm³/mol. The zero-order valence-electron chi connectivity index (χ0n) is 11.0. The number of hydrogen-bond acceptors (Lipinski definition) is 2. The van der Waals surface area contributed by atoms with E-state index in [-0.39, 0.29) is 5.60 Å². The molecule has 2 unspecified atom stereocenters. The highest BCUT2D eigenvalue weighted by molar-refractivity contribution is 5.43. The van der Waals surface area contributed by atoms with Crippen molar-refractivity contribution in [1.29, 1.82) is 0 Å². The first-order chi connectivity index (χ1) is 7.67. The van der Waals surface area contributed by atoms with E-state index in [0.717, 1.165) is 6.61 Å². The molecule has 2 aliphatic rings. The minimum atomic E-state index is 0.0356. The van der Waals surface area contributed by atoms with Crippen molar-refractivity contribution in [3.8, 4) is 0 Å². The third kappa shape index (κ3) is 1.54. The van der Waals surface area contributed by atoms with Crippen molar-refractivity contribution in [2.24, 2.45) is 11.8 Å². The molecule has 16 heavy (non-hydrogen) atoms. The van der Waals surface area contributed by atoms with Gasteiger partial charge in [-0.1, -0.05) is 32.3 Å². The molecule has 2 heteroatoms. The molecule has 2 aliphatic carbocycles. The van der Waals surface area contributed by atoms with Gasteiger partial charge in [0.05, 0.1) is 12.2 Å². The first-order valence-corrected chi connectivity index (χ1v) is 6.45. The predicted octanol–water partition coefficient (Wildman–Crippen LogP) is 3.17. The van der Waals surface area contributed by atoms with Crippen molar-refractivity contribution < 1.29 is 9.47 Å². The summed E-state index contributed by atoms with van der Waals surface area (Å²) in [7, 11) is 3.65. The molecule has 0 amide bonds. The van der Waals surface area contributed by atoms with Crippen molar-refractivity contribution in [2.45, 2.75) is 45.1 Å². The molecule has 0 aromatic heterocycles. The third-order valence-corrected chi connectivity index (χ3v) is 4.36. The quantitative estimate of drug-likeness (QED) is 0.683. The van der Waals surface area contributed by atoms with E-state index in [2.05, 4.69) is 13.8 Å². The van der Waals surface area contributed by atoms with Crippen LogP contribution in [0.25, 0.3) is 0 Å². The lowest BCUT2D eigenvalue weighted by molar-refractivity contribution is -0.0780. The van der Waals surface area contributed by atoms with Crippen LogP contribution in [0.15, 0.2) is 11.1 Å². The van der Waals surface area contributed by atoms with E-state index < -0.39 is 0 Å². The van der Waals surface area contributed by atoms with Crippen LogP contribution in [0.5, 0.6) is 0 Å². The SMILES string of the molecule is COCC1=C(C(C)C)C2CCCCC12OC. The maximum Gasteiger partial charge on any atom is 0.0977 e. The van der Waals surface area contributed by atoms with Gasteiger partial charge in [-0.15, -0.1) is 0 Å². The Morgan fingerprint density at radius 3 is 2.62 bits per heavy atom. The molecule has 2 nitrogen and oxygen atoms in total. The molecule has 1 saturated carbocycles. The molecule has 0 bridgehead atoms. The van der Waals surface area contributed by atoms with Gasteiger partial charge in [0.25, 0.3) is 0 Å². The highest BCUT2D eigenvalue weighted by Gasteiger charge is 2.55. The summed E-state index contributed by atoms with van der Waals surface area (Å²) in [6, 6.07) is 0. The molecule has 0 aromatic rings. The molecule has 0 saturated heterocycles. The van der Waals surface area contributed by atoms with Crippen molar-refractivity contribution in [3.05, 3.63) is 11.1 Å². The van der Waals surface area contributed by atoms with Gasteiger partial charge in [0.1, 0.15) is 0 Å². The molecule has 0 N–H and O–H groups in total. The average Bonchev–Trinajstić information content (AvgIpc) is 2.26. The van der Waals surface area contributed by atoms with Gasteiger partial charge >= 0.3 is 0 Å². The summed E-state index contributed by atoms with van der Waals surface area (Å²) in [5.41, 5.74) is 3.09. The fourth-order valence-corrected chi connectivity index (χ4v) is 3.76. The minimum Gasteiger partial charge on any atom is -0.380 e. The van der Waals surface area contributed by atoms with Crippen LogP contribution >= 0.6 is 0 Å². The number of methoxy groups -OCH3 is 2. The molecule has 0 heterocycles. The van der Waals surface area contributed by atoms with Crippen LogP contribution in [0.2, 0.25) is 0 Å². The number of ether oxygens (including phenoxy) is 2. The van der Waals surface area contributed by atoms with Crippen LogP contribution in [0.4, 0.5) is 0 Å². The normalized spacial score (nSPS) is 33.9. The molecule has 2 atom stereocenters. The van der Waals surface area contributed by atoms with E-state index >= 15 is 0 Å². The van der Waals surface area contributed by atoms with Crippen LogP contribution in [0.3, 0.4) is 0 Å². The van der Waals surface area contributed by atoms with Gasteiger partial charge in [0.2, 0.25) is 0 Å². The van der Waals surface area contributed by atoms with Crippen LogP contribution in [0, 0.1) is 11.8 Å². The van der Waals surface area contributed by atoms with Gasteiger partial charge < -0.3 is 9.47 Å². The molecule has 0 aromatic carbocycles. The topological polar surface area (TPSA) is 18.5 Å². The van der Waals surface area contributed by atoms with E-state index in [1.807, 2.05) is 7.11 Å². The van der Waals surface area contributed by atoms with Gasteiger partial charge in [-0.2, -0.15) is 0 Å². The largest absolute Gasteiger partial charge is 0.380 e. The summed E-state index contributed by atoms with van der Waals surface area (Å²) in [5, 5.41) is 0. The Bertz CT molecular complexity index is 293. The van der Waals surface area contributed by atoms with Crippen LogP contribution in [0.1, 0.15) is 39.5 Å². The first-order valence-electron chi connectivity index (χ1n) is 6.45. The molecule has 2 rings (SSSR count). The Labute approximate surface area is 99.0 Å². The zero-order valence-corrected chi connectivity index (χ0v) is 11.0. The van der Waals surface area contributed by atoms with E-state index in [1.54, 1.807) is 12.7 Å². The van der Waals surface area contributed by atoms with Crippen molar-refractivity contribution >= 4 is 0 Å². The lowest BCUT2D eigenvalue weighted by Gasteiger charge is -2.56. The summed E-state index contributed by atoms with van der Waals surface area (Å²) in [5.74, 6) is 1.30. The average molecular weight is 224 g/mol. The van der Waals surface area contributed by atoms with Crippen LogP contribution < -0.4 is 0 Å². The van der Waals surface area contributed by atoms with E-state index in [0.29, 0.717) is 11.8 Å². The molecular formula is C14H24O2. The fourth-order valence-electron chi connectivity index (χ4n) is 3.76. The Morgan fingerprint density at radius 2 is 2.06 bits per heavy atom. The zero-order chi connectivity index (χ0) is 11.8. The Kier molecular flexibility index (Phi) is 3.41. The standard InChI is InChI=1S/C14H24O2/c1-10(2)13-11-7-5-6-8-14(11,16-4)12(13)9-15-3/h10-11H,5-9H2,1-4H3. The van der Waals surface area contributed by atoms with Crippen molar-refractivity contribution in [2.75, 3.05) is 20.8 Å². The maximum atomic E-state index is 5.89. The fraction of sp³-hybridized carbons (Fsp3) is 0.857. The van der Waals surface area contributed by atoms with Gasteiger partial charge in [-0.25, -0.2) is 0 Å². The van der Waals surface area contributed by atoms with E-state index in [4.69, 9.17) is 9.47 Å². The highest BCUT2D eigenvalue weighted by atomic mass is 16.5. The highest BCUT2D eigenvalue weighted by Crippen LogP contribution is 2.56. The van der Waals surface area contributed by atoms with Gasteiger partial charge in [0.15, 0.2) is 0 Å². The van der Waals surface area contributed by atoms with Gasteiger partial charge in [-0.3, -0.25) is 0 Å². The summed E-state index contributed by atoms with van der Waals surface area (Å²) in [6.07, 6.45) is 5.13. The van der Waals surface area contributed by atoms with Gasteiger partial charge in [-0.05, 0) is 24.3 Å². The molecule has 0 radical (unpaired) electrons. The molecular weight excluding hydrogens is 200 g/mol. The lowest BCUT2D eigenvalue weighted by Crippen LogP contribution is -2.55. The molecule has 1 fully saturated rings. The number of hydrogen-bond donors (Lipinski definition) is 0. The lowest BCUT2D eigenvalue weighted by atomic mass is 9.55. The monoisotopic (exact) mass is 224 g/mol. The van der Waals surface area contributed by atoms with E-state index in [1.165, 1.54) is 31.3 Å². The van der Waals surface area contributed by atoms with Crippen molar-refractivity contribution in [3.63, 3.8) is 0 Å². The first kappa shape index (κ1) is 12.1. The summed E-state index contributed by atoms with van der Waals surface area (Å²) >= 11 is 0. The second-order valence-corrected chi connectivity index (χ2v) is 5.41. The molecule has 92 valence electrons. The minimum absolute atomic E-state index is 0.0356. The third-order valence-electron chi connectivity index (χ3n) is 4.36. The summed E-state index contributed by atoms with van der Waals surface area (Å²) in [6.45, 7) is 5.33. The van der Waals surface area contributed by atoms with Crippen molar-refractivity contribution in [1.82, 2.24) is 0 Å². The van der Waals surface area contributed by atoms with Crippen LogP contribution in [-0.2, 0) is 9.47 Å². The second-order valence-electron chi connectivity index (χ2n) is 5.41. The Hall–Kier alpha value is -0.340. The Morgan fingerprint density at radius 1 is 1.31 bits per heavy atom. The van der Waals surface area contributed by atoms with Crippen LogP contribution in [-0.4, -0.2) is 26.4 Å². The van der Waals surface area contributed by atoms with Gasteiger partial charge in [0, 0.05) is 20.1 Å². The Balaban J connectivity index is 2.33. The summed E-state index contributed by atoms with van der Waals surface area (Å²) < 4.78 is 11.2. The van der Waals surface area contributed by atoms with E-state index in [9.17, 15) is 0 Å². The smallest absolute Gasteiger partial charge is 0.0977 e.